The smallest absolute Gasteiger partial charge is 0.303 e. The number of hydrogen-bond acceptors (Lipinski definition) is 3. The molecule has 1 atom stereocenters. The Morgan fingerprint density at radius 3 is 2.00 bits per heavy atom. The van der Waals surface area contributed by atoms with E-state index in [9.17, 15) is 4.79 Å². The Labute approximate surface area is 136 Å². The molecule has 0 bridgehead atoms. The van der Waals surface area contributed by atoms with Crippen LogP contribution in [0.15, 0.2) is 0 Å². The second-order valence-corrected chi connectivity index (χ2v) is 6.10. The summed E-state index contributed by atoms with van der Waals surface area (Å²) in [6, 6.07) is 0. The predicted molar refractivity (Wildman–Crippen MR) is 90.1 cm³/mol. The summed E-state index contributed by atoms with van der Waals surface area (Å²) < 4.78 is 10.6. The molecule has 0 radical (unpaired) electrons. The average Bonchev–Trinajstić information content (AvgIpc) is 2.50. The summed E-state index contributed by atoms with van der Waals surface area (Å²) in [6.45, 7) is 2.55. The monoisotopic (exact) mass is 316 g/mol. The molecule has 0 rings (SSSR count). The van der Waals surface area contributed by atoms with Gasteiger partial charge in [-0.15, -0.1) is 0 Å². The number of hydrogen-bond donors (Lipinski definition) is 1. The van der Waals surface area contributed by atoms with E-state index in [0.29, 0.717) is 13.2 Å². The molecule has 4 heteroatoms. The molecule has 1 N–H and O–H groups in total. The molecule has 0 aliphatic heterocycles. The Morgan fingerprint density at radius 2 is 1.45 bits per heavy atom. The summed E-state index contributed by atoms with van der Waals surface area (Å²) in [5, 5.41) is 8.69. The van der Waals surface area contributed by atoms with Gasteiger partial charge >= 0.3 is 5.97 Å². The molecule has 22 heavy (non-hydrogen) atoms. The van der Waals surface area contributed by atoms with E-state index in [-0.39, 0.29) is 12.5 Å². The van der Waals surface area contributed by atoms with Crippen LogP contribution >= 0.6 is 0 Å². The molecule has 0 saturated heterocycles. The minimum absolute atomic E-state index is 0.142. The van der Waals surface area contributed by atoms with Crippen LogP contribution < -0.4 is 0 Å². The van der Waals surface area contributed by atoms with Crippen LogP contribution in [0.2, 0.25) is 0 Å². The molecular weight excluding hydrogens is 280 g/mol. The van der Waals surface area contributed by atoms with Crippen LogP contribution in [0.3, 0.4) is 0 Å². The number of ether oxygens (including phenoxy) is 2. The van der Waals surface area contributed by atoms with Crippen LogP contribution in [-0.2, 0) is 14.3 Å². The van der Waals surface area contributed by atoms with Gasteiger partial charge in [0.05, 0.1) is 6.10 Å². The number of rotatable bonds is 17. The van der Waals surface area contributed by atoms with Gasteiger partial charge in [0.15, 0.2) is 0 Å². The summed E-state index contributed by atoms with van der Waals surface area (Å²) in [6.07, 6.45) is 14.7. The number of carboxylic acid groups (broad SMARTS) is 1. The molecule has 0 aliphatic rings. The van der Waals surface area contributed by atoms with Crippen molar-refractivity contribution < 1.29 is 19.4 Å². The van der Waals surface area contributed by atoms with Crippen molar-refractivity contribution in [2.24, 2.45) is 0 Å². The van der Waals surface area contributed by atoms with Crippen LogP contribution in [-0.4, -0.2) is 31.1 Å². The predicted octanol–water partition coefficient (Wildman–Crippen LogP) is 5.15. The van der Waals surface area contributed by atoms with Gasteiger partial charge in [0.2, 0.25) is 0 Å². The molecule has 0 saturated carbocycles. The average molecular weight is 316 g/mol. The summed E-state index contributed by atoms with van der Waals surface area (Å²) in [5.74, 6) is -0.728. The first-order valence-electron chi connectivity index (χ1n) is 9.03. The molecule has 0 aromatic heterocycles. The molecule has 0 amide bonds. The maximum Gasteiger partial charge on any atom is 0.303 e. The van der Waals surface area contributed by atoms with Crippen molar-refractivity contribution in [3.05, 3.63) is 0 Å². The van der Waals surface area contributed by atoms with Crippen molar-refractivity contribution in [2.45, 2.75) is 96.5 Å². The number of carboxylic acids is 1. The largest absolute Gasteiger partial charge is 0.481 e. The number of aliphatic carboxylic acids is 1. The highest BCUT2D eigenvalue weighted by molar-refractivity contribution is 5.66. The highest BCUT2D eigenvalue weighted by atomic mass is 16.7. The summed E-state index contributed by atoms with van der Waals surface area (Å²) in [4.78, 5) is 10.6. The van der Waals surface area contributed by atoms with E-state index in [1.807, 2.05) is 0 Å². The lowest BCUT2D eigenvalue weighted by atomic mass is 10.0. The molecule has 0 spiro atoms. The zero-order chi connectivity index (χ0) is 16.5. The fourth-order valence-corrected chi connectivity index (χ4v) is 2.64. The Hall–Kier alpha value is -0.610. The third-order valence-corrected chi connectivity index (χ3v) is 3.97. The molecule has 0 aromatic carbocycles. The number of unbranched alkanes of at least 4 members (excludes halogenated alkanes) is 8. The third-order valence-electron chi connectivity index (χ3n) is 3.97. The van der Waals surface area contributed by atoms with Crippen molar-refractivity contribution in [3.8, 4) is 0 Å². The van der Waals surface area contributed by atoms with Gasteiger partial charge in [-0.3, -0.25) is 4.79 Å². The quantitative estimate of drug-likeness (QED) is 0.298. The van der Waals surface area contributed by atoms with Crippen LogP contribution in [0.4, 0.5) is 0 Å². The van der Waals surface area contributed by atoms with Gasteiger partial charge in [-0.05, 0) is 19.3 Å². The van der Waals surface area contributed by atoms with Gasteiger partial charge in [-0.25, -0.2) is 0 Å². The Morgan fingerprint density at radius 1 is 0.909 bits per heavy atom. The van der Waals surface area contributed by atoms with E-state index in [1.54, 1.807) is 7.11 Å². The number of carbonyl (C=O) groups is 1. The second kappa shape index (κ2) is 16.8. The third kappa shape index (κ3) is 15.8. The maximum absolute atomic E-state index is 10.6. The fourth-order valence-electron chi connectivity index (χ4n) is 2.64. The zero-order valence-corrected chi connectivity index (χ0v) is 14.6. The number of methoxy groups -OCH3 is 1. The van der Waals surface area contributed by atoms with Gasteiger partial charge in [0.1, 0.15) is 6.79 Å². The molecule has 0 aliphatic carbocycles. The van der Waals surface area contributed by atoms with Crippen molar-refractivity contribution in [3.63, 3.8) is 0 Å². The highest BCUT2D eigenvalue weighted by Crippen LogP contribution is 2.15. The SMILES string of the molecule is CCCCCCCCCCC[C@@H](CCCC(=O)O)OCOC. The minimum Gasteiger partial charge on any atom is -0.481 e. The van der Waals surface area contributed by atoms with Crippen molar-refractivity contribution in [1.82, 2.24) is 0 Å². The van der Waals surface area contributed by atoms with Crippen LogP contribution in [0.25, 0.3) is 0 Å². The highest BCUT2D eigenvalue weighted by Gasteiger charge is 2.10. The van der Waals surface area contributed by atoms with Crippen LogP contribution in [0.5, 0.6) is 0 Å². The maximum atomic E-state index is 10.6. The van der Waals surface area contributed by atoms with E-state index in [0.717, 1.165) is 19.3 Å². The Kier molecular flexibility index (Phi) is 16.3. The summed E-state index contributed by atoms with van der Waals surface area (Å²) in [7, 11) is 1.62. The van der Waals surface area contributed by atoms with Gasteiger partial charge in [-0.1, -0.05) is 64.7 Å². The molecular formula is C18H36O4. The van der Waals surface area contributed by atoms with Crippen molar-refractivity contribution >= 4 is 5.97 Å². The lowest BCUT2D eigenvalue weighted by molar-refractivity contribution is -0.137. The first-order chi connectivity index (χ1) is 10.7. The van der Waals surface area contributed by atoms with Gasteiger partial charge < -0.3 is 14.6 Å². The zero-order valence-electron chi connectivity index (χ0n) is 14.6. The van der Waals surface area contributed by atoms with E-state index in [4.69, 9.17) is 14.6 Å². The van der Waals surface area contributed by atoms with E-state index < -0.39 is 5.97 Å². The normalized spacial score (nSPS) is 12.5. The van der Waals surface area contributed by atoms with E-state index >= 15 is 0 Å². The summed E-state index contributed by atoms with van der Waals surface area (Å²) in [5.41, 5.74) is 0. The van der Waals surface area contributed by atoms with Gasteiger partial charge in [0, 0.05) is 13.5 Å². The first kappa shape index (κ1) is 21.4. The Bertz CT molecular complexity index is 243. The van der Waals surface area contributed by atoms with Gasteiger partial charge in [0.25, 0.3) is 0 Å². The molecule has 0 aromatic rings. The topological polar surface area (TPSA) is 55.8 Å². The first-order valence-corrected chi connectivity index (χ1v) is 9.03. The molecule has 0 unspecified atom stereocenters. The van der Waals surface area contributed by atoms with E-state index in [2.05, 4.69) is 6.92 Å². The second-order valence-electron chi connectivity index (χ2n) is 6.10. The van der Waals surface area contributed by atoms with Gasteiger partial charge in [-0.2, -0.15) is 0 Å². The van der Waals surface area contributed by atoms with Crippen molar-refractivity contribution in [1.29, 1.82) is 0 Å². The molecule has 4 nitrogen and oxygen atoms in total. The van der Waals surface area contributed by atoms with Crippen LogP contribution in [0, 0.1) is 0 Å². The fraction of sp³-hybridized carbons (Fsp3) is 0.944. The summed E-state index contributed by atoms with van der Waals surface area (Å²) >= 11 is 0. The van der Waals surface area contributed by atoms with Crippen LogP contribution in [0.1, 0.15) is 90.4 Å². The lowest BCUT2D eigenvalue weighted by Crippen LogP contribution is -2.15. The lowest BCUT2D eigenvalue weighted by Gasteiger charge is -2.17. The minimum atomic E-state index is -0.728. The van der Waals surface area contributed by atoms with Crippen molar-refractivity contribution in [2.75, 3.05) is 13.9 Å². The standard InChI is InChI=1S/C18H36O4/c1-3-4-5-6-7-8-9-10-11-13-17(22-16-21-2)14-12-15-18(19)20/h17H,3-16H2,1-2H3,(H,19,20)/t17-/m0/s1. The molecule has 132 valence electrons. The molecule has 0 heterocycles. The molecule has 0 fully saturated rings. The van der Waals surface area contributed by atoms with E-state index in [1.165, 1.54) is 51.4 Å². The Balaban J connectivity index is 3.54.